The molecule has 1 spiro atoms. The minimum Gasteiger partial charge on any atom is -0.352 e. The van der Waals surface area contributed by atoms with Crippen LogP contribution in [0.25, 0.3) is 10.2 Å². The molecule has 0 radical (unpaired) electrons. The third kappa shape index (κ3) is 3.32. The number of hydrogen-bond donors (Lipinski definition) is 1. The zero-order chi connectivity index (χ0) is 18.1. The SMILES string of the molecule is O=C(CCl)NC1CC2(CCCCN2C(=O)Cc2ccc3ncsc3c2)C1. The summed E-state index contributed by atoms with van der Waals surface area (Å²) in [5.74, 6) is 0.0559. The molecule has 138 valence electrons. The molecule has 2 aliphatic rings. The molecule has 1 aliphatic carbocycles. The standard InChI is InChI=1S/C19H22ClN3O2S/c20-11-17(24)22-14-9-19(10-14)5-1-2-6-23(19)18(25)8-13-3-4-15-16(7-13)26-12-21-15/h3-4,7,12,14H,1-2,5-6,8-11H2,(H,22,24). The molecule has 7 heteroatoms. The molecule has 1 N–H and O–H groups in total. The van der Waals surface area contributed by atoms with Gasteiger partial charge in [-0.3, -0.25) is 9.59 Å². The Kier molecular flexibility index (Phi) is 4.88. The van der Waals surface area contributed by atoms with Crippen molar-refractivity contribution in [1.82, 2.24) is 15.2 Å². The number of amides is 2. The summed E-state index contributed by atoms with van der Waals surface area (Å²) in [5, 5.41) is 2.95. The molecule has 4 rings (SSSR count). The maximum Gasteiger partial charge on any atom is 0.235 e. The van der Waals surface area contributed by atoms with Crippen molar-refractivity contribution in [1.29, 1.82) is 0 Å². The fraction of sp³-hybridized carbons (Fsp3) is 0.526. The molecule has 1 aromatic heterocycles. The first-order valence-corrected chi connectivity index (χ1v) is 10.5. The van der Waals surface area contributed by atoms with Gasteiger partial charge >= 0.3 is 0 Å². The molecular formula is C19H22ClN3O2S. The van der Waals surface area contributed by atoms with Crippen molar-refractivity contribution in [3.8, 4) is 0 Å². The molecule has 5 nitrogen and oxygen atoms in total. The van der Waals surface area contributed by atoms with Gasteiger partial charge in [0.25, 0.3) is 0 Å². The van der Waals surface area contributed by atoms with Gasteiger partial charge < -0.3 is 10.2 Å². The summed E-state index contributed by atoms with van der Waals surface area (Å²) in [6.45, 7) is 0.817. The van der Waals surface area contributed by atoms with Gasteiger partial charge in [0, 0.05) is 18.1 Å². The highest BCUT2D eigenvalue weighted by Gasteiger charge is 2.51. The summed E-state index contributed by atoms with van der Waals surface area (Å²) in [5.41, 5.74) is 3.78. The number of nitrogens with zero attached hydrogens (tertiary/aromatic N) is 2. The van der Waals surface area contributed by atoms with Crippen molar-refractivity contribution in [2.24, 2.45) is 0 Å². The lowest BCUT2D eigenvalue weighted by molar-refractivity contribution is -0.146. The predicted molar refractivity (Wildman–Crippen MR) is 104 cm³/mol. The molecule has 2 fully saturated rings. The van der Waals surface area contributed by atoms with Crippen LogP contribution in [0.3, 0.4) is 0 Å². The number of hydrogen-bond acceptors (Lipinski definition) is 4. The summed E-state index contributed by atoms with van der Waals surface area (Å²) >= 11 is 7.18. The summed E-state index contributed by atoms with van der Waals surface area (Å²) in [4.78, 5) is 30.9. The Hall–Kier alpha value is -1.66. The number of rotatable bonds is 4. The van der Waals surface area contributed by atoms with E-state index >= 15 is 0 Å². The molecule has 0 atom stereocenters. The number of alkyl halides is 1. The Morgan fingerprint density at radius 2 is 2.19 bits per heavy atom. The Bertz CT molecular complexity index is 831. The molecule has 1 saturated carbocycles. The van der Waals surface area contributed by atoms with Crippen molar-refractivity contribution < 1.29 is 9.59 Å². The van der Waals surface area contributed by atoms with Gasteiger partial charge in [0.2, 0.25) is 11.8 Å². The van der Waals surface area contributed by atoms with Crippen LogP contribution in [0.5, 0.6) is 0 Å². The first kappa shape index (κ1) is 17.7. The van der Waals surface area contributed by atoms with E-state index < -0.39 is 0 Å². The number of thiazole rings is 1. The third-order valence-electron chi connectivity index (χ3n) is 5.64. The van der Waals surface area contributed by atoms with E-state index in [0.29, 0.717) is 6.42 Å². The van der Waals surface area contributed by atoms with Gasteiger partial charge in [0.05, 0.1) is 22.1 Å². The average Bonchev–Trinajstić information content (AvgIpc) is 3.08. The molecule has 0 bridgehead atoms. The van der Waals surface area contributed by atoms with Crippen molar-refractivity contribution in [3.05, 3.63) is 29.3 Å². The number of likely N-dealkylation sites (tertiary alicyclic amines) is 1. The largest absolute Gasteiger partial charge is 0.352 e. The number of piperidine rings is 1. The number of carbonyl (C=O) groups excluding carboxylic acids is 2. The Balaban J connectivity index is 1.44. The highest BCUT2D eigenvalue weighted by Crippen LogP contribution is 2.45. The zero-order valence-corrected chi connectivity index (χ0v) is 16.1. The predicted octanol–water partition coefficient (Wildman–Crippen LogP) is 3.11. The highest BCUT2D eigenvalue weighted by atomic mass is 35.5. The van der Waals surface area contributed by atoms with Crippen LogP contribution < -0.4 is 5.32 Å². The molecule has 1 aromatic carbocycles. The minimum absolute atomic E-state index is 0.00774. The van der Waals surface area contributed by atoms with Gasteiger partial charge in [-0.05, 0) is 49.8 Å². The van der Waals surface area contributed by atoms with E-state index in [1.165, 1.54) is 0 Å². The first-order chi connectivity index (χ1) is 12.6. The van der Waals surface area contributed by atoms with Crippen LogP contribution in [-0.2, 0) is 16.0 Å². The average molecular weight is 392 g/mol. The summed E-state index contributed by atoms with van der Waals surface area (Å²) in [7, 11) is 0. The molecule has 2 amide bonds. The lowest BCUT2D eigenvalue weighted by Gasteiger charge is -2.56. The molecule has 2 aromatic rings. The van der Waals surface area contributed by atoms with E-state index in [0.717, 1.165) is 54.4 Å². The number of fused-ring (bicyclic) bond motifs is 1. The summed E-state index contributed by atoms with van der Waals surface area (Å²) < 4.78 is 1.12. The Labute approximate surface area is 161 Å². The van der Waals surface area contributed by atoms with E-state index in [4.69, 9.17) is 11.6 Å². The molecule has 26 heavy (non-hydrogen) atoms. The second-order valence-corrected chi connectivity index (χ2v) is 8.52. The van der Waals surface area contributed by atoms with Crippen LogP contribution in [0.2, 0.25) is 0 Å². The van der Waals surface area contributed by atoms with Crippen LogP contribution in [0, 0.1) is 0 Å². The van der Waals surface area contributed by atoms with Gasteiger partial charge in [0.1, 0.15) is 5.88 Å². The monoisotopic (exact) mass is 391 g/mol. The van der Waals surface area contributed by atoms with E-state index in [1.807, 2.05) is 17.6 Å². The van der Waals surface area contributed by atoms with Crippen LogP contribution in [0.15, 0.2) is 23.7 Å². The fourth-order valence-corrected chi connectivity index (χ4v) is 5.23. The lowest BCUT2D eigenvalue weighted by Crippen LogP contribution is -2.66. The van der Waals surface area contributed by atoms with Gasteiger partial charge in [-0.1, -0.05) is 6.07 Å². The van der Waals surface area contributed by atoms with Crippen molar-refractivity contribution in [2.45, 2.75) is 50.1 Å². The van der Waals surface area contributed by atoms with Gasteiger partial charge in [-0.15, -0.1) is 22.9 Å². The van der Waals surface area contributed by atoms with Crippen LogP contribution >= 0.6 is 22.9 Å². The van der Waals surface area contributed by atoms with Gasteiger partial charge in [0.15, 0.2) is 0 Å². The smallest absolute Gasteiger partial charge is 0.235 e. The number of aromatic nitrogens is 1. The summed E-state index contributed by atoms with van der Waals surface area (Å²) in [6.07, 6.45) is 5.34. The second-order valence-electron chi connectivity index (χ2n) is 7.36. The lowest BCUT2D eigenvalue weighted by atomic mass is 9.66. The molecule has 0 unspecified atom stereocenters. The van der Waals surface area contributed by atoms with Crippen LogP contribution in [0.4, 0.5) is 0 Å². The number of benzene rings is 1. The number of carbonyl (C=O) groups is 2. The molecular weight excluding hydrogens is 370 g/mol. The fourth-order valence-electron chi connectivity index (χ4n) is 4.42. The molecule has 2 heterocycles. The van der Waals surface area contributed by atoms with Gasteiger partial charge in [-0.25, -0.2) is 4.98 Å². The van der Waals surface area contributed by atoms with E-state index in [-0.39, 0.29) is 29.3 Å². The number of nitrogens with one attached hydrogen (secondary N) is 1. The van der Waals surface area contributed by atoms with E-state index in [1.54, 1.807) is 11.3 Å². The second kappa shape index (κ2) is 7.16. The van der Waals surface area contributed by atoms with Crippen molar-refractivity contribution >= 4 is 45.0 Å². The topological polar surface area (TPSA) is 62.3 Å². The Morgan fingerprint density at radius 1 is 1.35 bits per heavy atom. The molecule has 1 saturated heterocycles. The molecule has 1 aliphatic heterocycles. The first-order valence-electron chi connectivity index (χ1n) is 9.08. The van der Waals surface area contributed by atoms with Crippen LogP contribution in [0.1, 0.15) is 37.7 Å². The van der Waals surface area contributed by atoms with E-state index in [9.17, 15) is 9.59 Å². The van der Waals surface area contributed by atoms with Gasteiger partial charge in [-0.2, -0.15) is 0 Å². The maximum absolute atomic E-state index is 13.0. The van der Waals surface area contributed by atoms with Crippen molar-refractivity contribution in [2.75, 3.05) is 12.4 Å². The third-order valence-corrected chi connectivity index (χ3v) is 6.67. The zero-order valence-electron chi connectivity index (χ0n) is 14.5. The van der Waals surface area contributed by atoms with Crippen LogP contribution in [-0.4, -0.2) is 45.7 Å². The van der Waals surface area contributed by atoms with Crippen molar-refractivity contribution in [3.63, 3.8) is 0 Å². The minimum atomic E-state index is -0.127. The highest BCUT2D eigenvalue weighted by molar-refractivity contribution is 7.16. The Morgan fingerprint density at radius 3 is 3.00 bits per heavy atom. The summed E-state index contributed by atoms with van der Waals surface area (Å²) in [6, 6.07) is 6.21. The quantitative estimate of drug-likeness (QED) is 0.814. The van der Waals surface area contributed by atoms with E-state index in [2.05, 4.69) is 21.3 Å². The maximum atomic E-state index is 13.0. The number of halogens is 1. The normalized spacial score (nSPS) is 25.3.